The summed E-state index contributed by atoms with van der Waals surface area (Å²) >= 11 is 0. The fraction of sp³-hybridized carbons (Fsp3) is 0. The van der Waals surface area contributed by atoms with Gasteiger partial charge in [0.2, 0.25) is 0 Å². The van der Waals surface area contributed by atoms with Crippen LogP contribution in [0.1, 0.15) is 11.1 Å². The van der Waals surface area contributed by atoms with Gasteiger partial charge in [-0.15, -0.1) is 0 Å². The van der Waals surface area contributed by atoms with E-state index in [1.165, 1.54) is 10.8 Å². The zero-order valence-electron chi connectivity index (χ0n) is 12.5. The Kier molecular flexibility index (Phi) is 2.42. The molecule has 1 heteroatoms. The minimum atomic E-state index is 0.914. The molecule has 0 unspecified atom stereocenters. The Morgan fingerprint density at radius 2 is 1.04 bits per heavy atom. The Morgan fingerprint density at radius 1 is 0.565 bits per heavy atom. The van der Waals surface area contributed by atoms with Crippen LogP contribution in [0.5, 0.6) is 11.5 Å². The monoisotopic (exact) mass is 294 g/mol. The van der Waals surface area contributed by atoms with Crippen LogP contribution in [0.2, 0.25) is 0 Å². The van der Waals surface area contributed by atoms with Crippen LogP contribution in [0.4, 0.5) is 0 Å². The molecule has 0 radical (unpaired) electrons. The zero-order valence-corrected chi connectivity index (χ0v) is 12.5. The van der Waals surface area contributed by atoms with Gasteiger partial charge in [-0.2, -0.15) is 0 Å². The zero-order chi connectivity index (χ0) is 15.4. The molecule has 0 atom stereocenters. The molecule has 23 heavy (non-hydrogen) atoms. The first-order valence-electron chi connectivity index (χ1n) is 7.74. The number of benzene rings is 4. The van der Waals surface area contributed by atoms with E-state index in [-0.39, 0.29) is 0 Å². The van der Waals surface area contributed by atoms with Crippen molar-refractivity contribution in [2.45, 2.75) is 0 Å². The molecule has 0 saturated heterocycles. The van der Waals surface area contributed by atoms with Crippen molar-refractivity contribution in [3.63, 3.8) is 0 Å². The molecule has 1 aliphatic rings. The molecule has 4 aromatic rings. The lowest BCUT2D eigenvalue weighted by Crippen LogP contribution is -2.03. The number of hydrogen-bond donors (Lipinski definition) is 0. The summed E-state index contributed by atoms with van der Waals surface area (Å²) < 4.78 is 6.41. The SMILES string of the molecule is C=C1c2ccc3ccccc3c2Oc2c1ccc1ccccc21. The van der Waals surface area contributed by atoms with Gasteiger partial charge in [0.25, 0.3) is 0 Å². The van der Waals surface area contributed by atoms with Gasteiger partial charge in [0.05, 0.1) is 0 Å². The van der Waals surface area contributed by atoms with Crippen molar-refractivity contribution in [3.8, 4) is 11.5 Å². The maximum Gasteiger partial charge on any atom is 0.143 e. The van der Waals surface area contributed by atoms with Crippen molar-refractivity contribution < 1.29 is 4.74 Å². The number of ether oxygens (including phenoxy) is 1. The molecule has 0 saturated carbocycles. The van der Waals surface area contributed by atoms with Crippen LogP contribution in [0.25, 0.3) is 27.1 Å². The van der Waals surface area contributed by atoms with Crippen LogP contribution < -0.4 is 4.74 Å². The maximum absolute atomic E-state index is 6.41. The first-order chi connectivity index (χ1) is 11.3. The van der Waals surface area contributed by atoms with Crippen LogP contribution in [0, 0.1) is 0 Å². The molecule has 5 rings (SSSR count). The van der Waals surface area contributed by atoms with Gasteiger partial charge in [-0.1, -0.05) is 67.2 Å². The summed E-state index contributed by atoms with van der Waals surface area (Å²) in [5, 5.41) is 4.62. The lowest BCUT2D eigenvalue weighted by Gasteiger charge is -2.25. The number of hydrogen-bond acceptors (Lipinski definition) is 1. The molecule has 1 aliphatic heterocycles. The Bertz CT molecular complexity index is 1020. The molecule has 0 N–H and O–H groups in total. The summed E-state index contributed by atoms with van der Waals surface area (Å²) in [4.78, 5) is 0. The summed E-state index contributed by atoms with van der Waals surface area (Å²) in [7, 11) is 0. The molecule has 0 fully saturated rings. The Morgan fingerprint density at radius 3 is 1.57 bits per heavy atom. The second-order valence-corrected chi connectivity index (χ2v) is 5.91. The van der Waals surface area contributed by atoms with Gasteiger partial charge in [-0.05, 0) is 28.5 Å². The smallest absolute Gasteiger partial charge is 0.143 e. The van der Waals surface area contributed by atoms with E-state index in [0.717, 1.165) is 39.0 Å². The van der Waals surface area contributed by atoms with Gasteiger partial charge in [-0.25, -0.2) is 0 Å². The van der Waals surface area contributed by atoms with Crippen LogP contribution in [-0.4, -0.2) is 0 Å². The summed E-state index contributed by atoms with van der Waals surface area (Å²) in [6, 6.07) is 25.1. The van der Waals surface area contributed by atoms with Gasteiger partial charge in [0.15, 0.2) is 0 Å². The van der Waals surface area contributed by atoms with E-state index in [2.05, 4.69) is 67.2 Å². The van der Waals surface area contributed by atoms with Crippen molar-refractivity contribution >= 4 is 27.1 Å². The molecule has 0 amide bonds. The maximum atomic E-state index is 6.41. The van der Waals surface area contributed by atoms with Gasteiger partial charge in [-0.3, -0.25) is 0 Å². The minimum absolute atomic E-state index is 0.914. The number of fused-ring (bicyclic) bond motifs is 6. The highest BCUT2D eigenvalue weighted by molar-refractivity contribution is 6.03. The van der Waals surface area contributed by atoms with Crippen molar-refractivity contribution in [1.29, 1.82) is 0 Å². The van der Waals surface area contributed by atoms with Crippen molar-refractivity contribution in [1.82, 2.24) is 0 Å². The van der Waals surface area contributed by atoms with E-state index in [1.54, 1.807) is 0 Å². The van der Waals surface area contributed by atoms with Crippen molar-refractivity contribution in [2.75, 3.05) is 0 Å². The second-order valence-electron chi connectivity index (χ2n) is 5.91. The van der Waals surface area contributed by atoms with E-state index in [4.69, 9.17) is 4.74 Å². The predicted octanol–water partition coefficient (Wildman–Crippen LogP) is 6.16. The summed E-state index contributed by atoms with van der Waals surface area (Å²) in [5.41, 5.74) is 3.18. The second kappa shape index (κ2) is 4.47. The summed E-state index contributed by atoms with van der Waals surface area (Å²) in [6.45, 7) is 4.33. The van der Waals surface area contributed by atoms with Gasteiger partial charge in [0.1, 0.15) is 11.5 Å². The van der Waals surface area contributed by atoms with Gasteiger partial charge >= 0.3 is 0 Å². The molecular weight excluding hydrogens is 280 g/mol. The highest BCUT2D eigenvalue weighted by Crippen LogP contribution is 2.48. The predicted molar refractivity (Wildman–Crippen MR) is 96.1 cm³/mol. The molecule has 1 heterocycles. The minimum Gasteiger partial charge on any atom is -0.455 e. The first-order valence-corrected chi connectivity index (χ1v) is 7.74. The molecule has 1 nitrogen and oxygen atoms in total. The molecule has 108 valence electrons. The first kappa shape index (κ1) is 12.5. The third-order valence-corrected chi connectivity index (χ3v) is 4.61. The lowest BCUT2D eigenvalue weighted by molar-refractivity contribution is 0.485. The van der Waals surface area contributed by atoms with E-state index in [0.29, 0.717) is 0 Å². The average molecular weight is 294 g/mol. The van der Waals surface area contributed by atoms with E-state index >= 15 is 0 Å². The van der Waals surface area contributed by atoms with Crippen LogP contribution in [0.15, 0.2) is 79.4 Å². The van der Waals surface area contributed by atoms with Crippen LogP contribution in [-0.2, 0) is 0 Å². The Balaban J connectivity index is 1.87. The molecule has 0 spiro atoms. The molecule has 4 aromatic carbocycles. The highest BCUT2D eigenvalue weighted by atomic mass is 16.5. The Hall–Kier alpha value is -3.06. The highest BCUT2D eigenvalue weighted by Gasteiger charge is 2.23. The standard InChI is InChI=1S/C22H14O/c1-14-17-12-10-15-6-2-4-8-19(15)21(17)23-22-18(14)13-11-16-7-3-5-9-20(16)22/h2-13H,1H2. The van der Waals surface area contributed by atoms with Gasteiger partial charge in [0, 0.05) is 21.9 Å². The van der Waals surface area contributed by atoms with Crippen LogP contribution >= 0.6 is 0 Å². The molecular formula is C22H14O. The van der Waals surface area contributed by atoms with E-state index < -0.39 is 0 Å². The number of rotatable bonds is 0. The van der Waals surface area contributed by atoms with E-state index in [1.807, 2.05) is 12.1 Å². The molecule has 0 bridgehead atoms. The quantitative estimate of drug-likeness (QED) is 0.332. The Labute approximate surface area is 134 Å². The largest absolute Gasteiger partial charge is 0.455 e. The lowest BCUT2D eigenvalue weighted by atomic mass is 9.91. The van der Waals surface area contributed by atoms with Crippen molar-refractivity contribution in [2.24, 2.45) is 0 Å². The molecule has 0 aliphatic carbocycles. The normalized spacial score (nSPS) is 12.8. The topological polar surface area (TPSA) is 9.23 Å². The fourth-order valence-electron chi connectivity index (χ4n) is 3.43. The fourth-order valence-corrected chi connectivity index (χ4v) is 3.43. The van der Waals surface area contributed by atoms with Crippen molar-refractivity contribution in [3.05, 3.63) is 90.5 Å². The molecule has 0 aromatic heterocycles. The van der Waals surface area contributed by atoms with Gasteiger partial charge < -0.3 is 4.74 Å². The third kappa shape index (κ3) is 1.68. The van der Waals surface area contributed by atoms with E-state index in [9.17, 15) is 0 Å². The summed E-state index contributed by atoms with van der Waals surface area (Å²) in [6.07, 6.45) is 0. The average Bonchev–Trinajstić information content (AvgIpc) is 2.61. The summed E-state index contributed by atoms with van der Waals surface area (Å²) in [5.74, 6) is 1.83. The third-order valence-electron chi connectivity index (χ3n) is 4.61. The van der Waals surface area contributed by atoms with Crippen LogP contribution in [0.3, 0.4) is 0 Å².